The Hall–Kier alpha value is -0.620. The molecule has 0 aromatic heterocycles. The molecule has 0 spiro atoms. The molecule has 0 radical (unpaired) electrons. The molecule has 1 N–H and O–H groups in total. The second-order valence-corrected chi connectivity index (χ2v) is 6.86. The molecule has 5 nitrogen and oxygen atoms in total. The molecule has 0 bridgehead atoms. The fourth-order valence-corrected chi connectivity index (χ4v) is 4.28. The van der Waals surface area contributed by atoms with Crippen LogP contribution in [0.25, 0.3) is 0 Å². The van der Waals surface area contributed by atoms with E-state index in [9.17, 15) is 13.2 Å². The normalized spacial score (nSPS) is 24.1. The van der Waals surface area contributed by atoms with E-state index in [0.717, 1.165) is 25.8 Å². The summed E-state index contributed by atoms with van der Waals surface area (Å²) in [6.07, 6.45) is 3.38. The van der Waals surface area contributed by atoms with E-state index in [1.165, 1.54) is 0 Å². The molecule has 18 heavy (non-hydrogen) atoms. The first-order chi connectivity index (χ1) is 8.51. The van der Waals surface area contributed by atoms with Crippen LogP contribution >= 0.6 is 0 Å². The minimum Gasteiger partial charge on any atom is -0.465 e. The number of ether oxygens (including phenoxy) is 1. The summed E-state index contributed by atoms with van der Waals surface area (Å²) in [5.74, 6) is -1.13. The van der Waals surface area contributed by atoms with Crippen LogP contribution < -0.4 is 5.32 Å². The summed E-state index contributed by atoms with van der Waals surface area (Å²) in [5, 5.41) is 2.82. The Morgan fingerprint density at radius 3 is 2.67 bits per heavy atom. The Labute approximate surface area is 109 Å². The fourth-order valence-electron chi connectivity index (χ4n) is 2.39. The average Bonchev–Trinajstić information content (AvgIpc) is 2.74. The lowest BCUT2D eigenvalue weighted by atomic mass is 10.2. The minimum atomic E-state index is -3.40. The largest absolute Gasteiger partial charge is 0.465 e. The molecule has 1 aliphatic rings. The lowest BCUT2D eigenvalue weighted by Gasteiger charge is -2.20. The van der Waals surface area contributed by atoms with Crippen molar-refractivity contribution in [1.29, 1.82) is 0 Å². The van der Waals surface area contributed by atoms with E-state index in [0.29, 0.717) is 6.42 Å². The van der Waals surface area contributed by atoms with Crippen molar-refractivity contribution in [2.45, 2.75) is 50.8 Å². The molecule has 1 rings (SSSR count). The van der Waals surface area contributed by atoms with Crippen molar-refractivity contribution in [3.63, 3.8) is 0 Å². The third-order valence-electron chi connectivity index (χ3n) is 3.19. The maximum atomic E-state index is 12.2. The van der Waals surface area contributed by atoms with Gasteiger partial charge in [0.2, 0.25) is 0 Å². The topological polar surface area (TPSA) is 72.5 Å². The molecule has 106 valence electrons. The Balaban J connectivity index is 2.62. The summed E-state index contributed by atoms with van der Waals surface area (Å²) < 4.78 is 29.0. The van der Waals surface area contributed by atoms with E-state index in [1.54, 1.807) is 6.92 Å². The van der Waals surface area contributed by atoms with E-state index in [1.807, 2.05) is 6.92 Å². The minimum absolute atomic E-state index is 0.00984. The van der Waals surface area contributed by atoms with Crippen LogP contribution in [0.3, 0.4) is 0 Å². The van der Waals surface area contributed by atoms with Crippen LogP contribution in [0, 0.1) is 0 Å². The predicted octanol–water partition coefficient (Wildman–Crippen LogP) is 0.885. The number of esters is 1. The van der Waals surface area contributed by atoms with Crippen LogP contribution in [-0.4, -0.2) is 44.6 Å². The highest BCUT2D eigenvalue weighted by atomic mass is 32.2. The van der Waals surface area contributed by atoms with Crippen molar-refractivity contribution in [2.75, 3.05) is 18.9 Å². The smallest absolute Gasteiger partial charge is 0.321 e. The van der Waals surface area contributed by atoms with Gasteiger partial charge < -0.3 is 10.1 Å². The van der Waals surface area contributed by atoms with Gasteiger partial charge in [0, 0.05) is 6.04 Å². The maximum absolute atomic E-state index is 12.2. The molecule has 0 amide bonds. The number of carbonyl (C=O) groups is 1. The molecular weight excluding hydrogens is 254 g/mol. The molecule has 1 fully saturated rings. The molecular formula is C12H23NO4S. The van der Waals surface area contributed by atoms with Gasteiger partial charge in [0.05, 0.1) is 11.9 Å². The molecule has 0 aromatic rings. The van der Waals surface area contributed by atoms with E-state index >= 15 is 0 Å². The van der Waals surface area contributed by atoms with Gasteiger partial charge in [-0.2, -0.15) is 0 Å². The summed E-state index contributed by atoms with van der Waals surface area (Å²) in [6.45, 7) is 4.75. The third kappa shape index (κ3) is 4.24. The molecule has 2 atom stereocenters. The highest BCUT2D eigenvalue weighted by Crippen LogP contribution is 2.26. The van der Waals surface area contributed by atoms with Crippen molar-refractivity contribution in [3.8, 4) is 0 Å². The van der Waals surface area contributed by atoms with Gasteiger partial charge in [0.1, 0.15) is 5.75 Å². The van der Waals surface area contributed by atoms with Crippen LogP contribution in [-0.2, 0) is 19.4 Å². The molecule has 0 heterocycles. The van der Waals surface area contributed by atoms with Crippen LogP contribution in [0.4, 0.5) is 0 Å². The highest BCUT2D eigenvalue weighted by Gasteiger charge is 2.38. The average molecular weight is 277 g/mol. The van der Waals surface area contributed by atoms with Gasteiger partial charge in [0.15, 0.2) is 9.84 Å². The molecule has 1 aliphatic carbocycles. The predicted molar refractivity (Wildman–Crippen MR) is 70.1 cm³/mol. The highest BCUT2D eigenvalue weighted by molar-refractivity contribution is 7.92. The number of hydrogen-bond donors (Lipinski definition) is 1. The number of carbonyl (C=O) groups excluding carboxylic acids is 1. The zero-order valence-electron chi connectivity index (χ0n) is 11.1. The van der Waals surface area contributed by atoms with Gasteiger partial charge >= 0.3 is 5.97 Å². The molecule has 0 aliphatic heterocycles. The van der Waals surface area contributed by atoms with E-state index < -0.39 is 26.8 Å². The van der Waals surface area contributed by atoms with Gasteiger partial charge in [-0.25, -0.2) is 8.42 Å². The van der Waals surface area contributed by atoms with Gasteiger partial charge in [-0.05, 0) is 32.7 Å². The molecule has 2 unspecified atom stereocenters. The van der Waals surface area contributed by atoms with Crippen molar-refractivity contribution < 1.29 is 17.9 Å². The van der Waals surface area contributed by atoms with Gasteiger partial charge in [-0.1, -0.05) is 13.3 Å². The van der Waals surface area contributed by atoms with Crippen LogP contribution in [0.5, 0.6) is 0 Å². The Kier molecular flexibility index (Phi) is 6.08. The third-order valence-corrected chi connectivity index (χ3v) is 5.32. The summed E-state index contributed by atoms with van der Waals surface area (Å²) in [6, 6.07) is -0.00984. The zero-order chi connectivity index (χ0) is 13.6. The number of sulfone groups is 1. The second kappa shape index (κ2) is 7.09. The Morgan fingerprint density at radius 1 is 1.33 bits per heavy atom. The Bertz CT molecular complexity index is 366. The summed E-state index contributed by atoms with van der Waals surface area (Å²) in [5.41, 5.74) is 0. The number of hydrogen-bond acceptors (Lipinski definition) is 5. The molecule has 0 saturated heterocycles. The number of rotatable bonds is 7. The van der Waals surface area contributed by atoms with Crippen molar-refractivity contribution in [2.24, 2.45) is 0 Å². The SMILES string of the molecule is CCCNC1CCCC1S(=O)(=O)CC(=O)OCC. The van der Waals surface area contributed by atoms with Crippen molar-refractivity contribution >= 4 is 15.8 Å². The fraction of sp³-hybridized carbons (Fsp3) is 0.917. The Morgan fingerprint density at radius 2 is 2.06 bits per heavy atom. The van der Waals surface area contributed by atoms with Crippen LogP contribution in [0.2, 0.25) is 0 Å². The van der Waals surface area contributed by atoms with E-state index in [-0.39, 0.29) is 12.6 Å². The summed E-state index contributed by atoms with van der Waals surface area (Å²) in [4.78, 5) is 11.3. The van der Waals surface area contributed by atoms with Crippen LogP contribution in [0.15, 0.2) is 0 Å². The lowest BCUT2D eigenvalue weighted by Crippen LogP contribution is -2.42. The first-order valence-electron chi connectivity index (χ1n) is 6.61. The molecule has 0 aromatic carbocycles. The summed E-state index contributed by atoms with van der Waals surface area (Å²) >= 11 is 0. The van der Waals surface area contributed by atoms with Gasteiger partial charge in [-0.15, -0.1) is 0 Å². The number of nitrogens with one attached hydrogen (secondary N) is 1. The standard InChI is InChI=1S/C12H23NO4S/c1-3-8-13-10-6-5-7-11(10)18(15,16)9-12(14)17-4-2/h10-11,13H,3-9H2,1-2H3. The zero-order valence-corrected chi connectivity index (χ0v) is 12.0. The molecule has 1 saturated carbocycles. The summed E-state index contributed by atoms with van der Waals surface area (Å²) in [7, 11) is -3.40. The quantitative estimate of drug-likeness (QED) is 0.700. The van der Waals surface area contributed by atoms with Gasteiger partial charge in [0.25, 0.3) is 0 Å². The second-order valence-electron chi connectivity index (χ2n) is 4.64. The van der Waals surface area contributed by atoms with Gasteiger partial charge in [-0.3, -0.25) is 4.79 Å². The van der Waals surface area contributed by atoms with Crippen molar-refractivity contribution in [1.82, 2.24) is 5.32 Å². The lowest BCUT2D eigenvalue weighted by molar-refractivity contribution is -0.139. The monoisotopic (exact) mass is 277 g/mol. The van der Waals surface area contributed by atoms with E-state index in [2.05, 4.69) is 5.32 Å². The molecule has 6 heteroatoms. The van der Waals surface area contributed by atoms with Crippen LogP contribution in [0.1, 0.15) is 39.5 Å². The van der Waals surface area contributed by atoms with E-state index in [4.69, 9.17) is 4.74 Å². The van der Waals surface area contributed by atoms with Crippen molar-refractivity contribution in [3.05, 3.63) is 0 Å². The maximum Gasteiger partial charge on any atom is 0.321 e. The first-order valence-corrected chi connectivity index (χ1v) is 8.33. The first kappa shape index (κ1) is 15.4.